The number of rotatable bonds is 10. The smallest absolute Gasteiger partial charge is 0.306 e. The number of carbonyl (C=O) groups is 2. The summed E-state index contributed by atoms with van der Waals surface area (Å²) in [5, 5.41) is 41.7. The van der Waals surface area contributed by atoms with Gasteiger partial charge >= 0.3 is 5.97 Å². The molecule has 5 fully saturated rings. The van der Waals surface area contributed by atoms with Crippen LogP contribution in [0.2, 0.25) is 0 Å². The molecule has 11 heteroatoms. The van der Waals surface area contributed by atoms with Crippen molar-refractivity contribution in [1.29, 1.82) is 0 Å². The molecule has 0 amide bonds. The van der Waals surface area contributed by atoms with Crippen LogP contribution in [0.15, 0.2) is 11.6 Å². The molecular formula is C40H66O11. The van der Waals surface area contributed by atoms with Gasteiger partial charge in [0.05, 0.1) is 48.6 Å². The van der Waals surface area contributed by atoms with Gasteiger partial charge in [-0.3, -0.25) is 9.59 Å². The molecule has 0 aromatic heterocycles. The summed E-state index contributed by atoms with van der Waals surface area (Å²) in [6.45, 7) is 19.1. The topological polar surface area (TPSA) is 161 Å². The molecule has 0 radical (unpaired) electrons. The molecule has 0 aromatic rings. The van der Waals surface area contributed by atoms with E-state index < -0.39 is 59.6 Å². The molecule has 5 saturated heterocycles. The summed E-state index contributed by atoms with van der Waals surface area (Å²) in [6.07, 6.45) is 4.87. The molecule has 11 nitrogen and oxygen atoms in total. The lowest BCUT2D eigenvalue weighted by Gasteiger charge is -2.51. The van der Waals surface area contributed by atoms with Gasteiger partial charge in [0.2, 0.25) is 0 Å². The summed E-state index contributed by atoms with van der Waals surface area (Å²) in [4.78, 5) is 24.5. The van der Waals surface area contributed by atoms with Crippen LogP contribution in [0.3, 0.4) is 0 Å². The molecule has 4 N–H and O–H groups in total. The number of aliphatic hydroxyl groups is 3. The lowest BCUT2D eigenvalue weighted by Crippen LogP contribution is -2.59. The number of ether oxygens (including phenoxy) is 5. The van der Waals surface area contributed by atoms with E-state index in [2.05, 4.69) is 27.7 Å². The van der Waals surface area contributed by atoms with E-state index in [1.165, 1.54) is 0 Å². The molecule has 2 spiro atoms. The molecule has 0 aliphatic carbocycles. The van der Waals surface area contributed by atoms with E-state index in [-0.39, 0.29) is 66.0 Å². The Morgan fingerprint density at radius 2 is 1.59 bits per heavy atom. The van der Waals surface area contributed by atoms with Gasteiger partial charge in [-0.05, 0) is 63.9 Å². The fourth-order valence-corrected chi connectivity index (χ4v) is 10.1. The summed E-state index contributed by atoms with van der Waals surface area (Å²) in [6, 6.07) is 0. The predicted molar refractivity (Wildman–Crippen MR) is 189 cm³/mol. The number of allylic oxidation sites excluding steroid dienone is 1. The summed E-state index contributed by atoms with van der Waals surface area (Å²) in [5.74, 6) is -5.75. The van der Waals surface area contributed by atoms with Crippen LogP contribution in [0.4, 0.5) is 0 Å². The molecule has 5 heterocycles. The van der Waals surface area contributed by atoms with E-state index in [4.69, 9.17) is 23.7 Å². The Hall–Kier alpha value is -1.44. The van der Waals surface area contributed by atoms with Crippen molar-refractivity contribution in [2.75, 3.05) is 6.61 Å². The van der Waals surface area contributed by atoms with Gasteiger partial charge in [0.1, 0.15) is 0 Å². The molecule has 51 heavy (non-hydrogen) atoms. The third-order valence-electron chi connectivity index (χ3n) is 13.6. The highest BCUT2D eigenvalue weighted by Gasteiger charge is 2.63. The number of hydrogen-bond donors (Lipinski definition) is 4. The highest BCUT2D eigenvalue weighted by atomic mass is 16.8. The third-order valence-corrected chi connectivity index (χ3v) is 13.6. The van der Waals surface area contributed by atoms with Crippen molar-refractivity contribution >= 4 is 11.8 Å². The number of carbonyl (C=O) groups excluding carboxylic acids is 1. The van der Waals surface area contributed by atoms with E-state index in [1.807, 2.05) is 26.8 Å². The zero-order chi connectivity index (χ0) is 37.8. The minimum absolute atomic E-state index is 0.0586. The molecule has 1 unspecified atom stereocenters. The SMILES string of the molecule is C/C(=C\[C@H](C)[C@H]1O[C@@]2(CC[C@@](C)([C@H]3CC[C@@H](C)C4(O[C@@H]([C@H]5O[C@@](O)(CO)[C@H](C)C[C@@H]5C)C[C@@H]4C)O3)O2)C[C@H](O)[C@H]1C)C(=O)[C@H](C)C[C@H](C)C(=O)O. The predicted octanol–water partition coefficient (Wildman–Crippen LogP) is 5.61. The second kappa shape index (κ2) is 15.0. The number of carboxylic acid groups (broad SMARTS) is 1. The Bertz CT molecular complexity index is 1300. The Labute approximate surface area is 304 Å². The van der Waals surface area contributed by atoms with Gasteiger partial charge in [0.15, 0.2) is 23.1 Å². The largest absolute Gasteiger partial charge is 0.481 e. The van der Waals surface area contributed by atoms with E-state index >= 15 is 0 Å². The average Bonchev–Trinajstić information content (AvgIpc) is 3.57. The van der Waals surface area contributed by atoms with Crippen molar-refractivity contribution in [3.05, 3.63) is 11.6 Å². The first kappa shape index (κ1) is 40.7. The standard InChI is InChI=1S/C40H66O11/c1-21(33(43)22(2)16-25(5)36(44)45)15-23(3)34-29(9)30(42)19-38(49-34)14-13-37(10,51-38)32-12-11-26(6)40(48-32)28(8)18-31(47-40)35-24(4)17-27(7)39(46,20-41)50-35/h15,22-32,34-35,41-42,46H,11-14,16-20H2,1-10H3,(H,44,45)/b21-15+/t22-,23+,24+,25+,26-,27-,28+,29-,30+,31-,32-,34-,35+,37+,38-,39+,40?/m1/s1. The number of ketones is 1. The second-order valence-electron chi connectivity index (χ2n) is 17.8. The van der Waals surface area contributed by atoms with Crippen molar-refractivity contribution in [2.24, 2.45) is 47.3 Å². The lowest BCUT2D eigenvalue weighted by atomic mass is 9.78. The molecular weight excluding hydrogens is 656 g/mol. The maximum atomic E-state index is 13.2. The van der Waals surface area contributed by atoms with Crippen LogP contribution in [0.25, 0.3) is 0 Å². The van der Waals surface area contributed by atoms with E-state index in [9.17, 15) is 30.0 Å². The van der Waals surface area contributed by atoms with Crippen molar-refractivity contribution < 1.29 is 53.7 Å². The van der Waals surface area contributed by atoms with Crippen LogP contribution in [0.5, 0.6) is 0 Å². The van der Waals surface area contributed by atoms with Gasteiger partial charge in [-0.2, -0.15) is 0 Å². The summed E-state index contributed by atoms with van der Waals surface area (Å²) < 4.78 is 34.0. The van der Waals surface area contributed by atoms with E-state index in [1.54, 1.807) is 20.8 Å². The van der Waals surface area contributed by atoms with Crippen LogP contribution < -0.4 is 0 Å². The summed E-state index contributed by atoms with van der Waals surface area (Å²) in [7, 11) is 0. The maximum Gasteiger partial charge on any atom is 0.306 e. The molecule has 0 bridgehead atoms. The molecule has 0 saturated carbocycles. The van der Waals surface area contributed by atoms with Gasteiger partial charge in [-0.25, -0.2) is 0 Å². The monoisotopic (exact) mass is 722 g/mol. The number of aliphatic hydroxyl groups excluding tert-OH is 2. The molecule has 17 atom stereocenters. The molecule has 5 aliphatic rings. The van der Waals surface area contributed by atoms with Gasteiger partial charge < -0.3 is 44.1 Å². The Balaban J connectivity index is 1.29. The number of aliphatic carboxylic acids is 1. The maximum absolute atomic E-state index is 13.2. The summed E-state index contributed by atoms with van der Waals surface area (Å²) in [5.41, 5.74) is -0.126. The minimum atomic E-state index is -1.60. The number of carboxylic acids is 1. The Kier molecular flexibility index (Phi) is 12.0. The summed E-state index contributed by atoms with van der Waals surface area (Å²) >= 11 is 0. The van der Waals surface area contributed by atoms with Crippen molar-refractivity contribution in [2.45, 2.75) is 174 Å². The molecule has 0 aromatic carbocycles. The van der Waals surface area contributed by atoms with Crippen molar-refractivity contribution in [3.63, 3.8) is 0 Å². The van der Waals surface area contributed by atoms with Crippen LogP contribution in [-0.4, -0.2) is 92.3 Å². The highest BCUT2D eigenvalue weighted by molar-refractivity contribution is 5.96. The van der Waals surface area contributed by atoms with Gasteiger partial charge in [0.25, 0.3) is 0 Å². The fourth-order valence-electron chi connectivity index (χ4n) is 10.1. The lowest BCUT2D eigenvalue weighted by molar-refractivity contribution is -0.373. The zero-order valence-electron chi connectivity index (χ0n) is 32.6. The molecule has 5 aliphatic heterocycles. The first-order valence-corrected chi connectivity index (χ1v) is 19.6. The normalized spacial score (nSPS) is 48.1. The highest BCUT2D eigenvalue weighted by Crippen LogP contribution is 2.56. The molecule has 292 valence electrons. The first-order valence-electron chi connectivity index (χ1n) is 19.6. The van der Waals surface area contributed by atoms with Crippen LogP contribution in [0, 0.1) is 47.3 Å². The van der Waals surface area contributed by atoms with Gasteiger partial charge in [0, 0.05) is 48.3 Å². The first-order chi connectivity index (χ1) is 23.7. The van der Waals surface area contributed by atoms with Crippen molar-refractivity contribution in [3.8, 4) is 0 Å². The van der Waals surface area contributed by atoms with Crippen molar-refractivity contribution in [1.82, 2.24) is 0 Å². The zero-order valence-corrected chi connectivity index (χ0v) is 32.6. The van der Waals surface area contributed by atoms with Crippen LogP contribution >= 0.6 is 0 Å². The third kappa shape index (κ3) is 7.75. The number of Topliss-reactive ketones (excluding diaryl/α,β-unsaturated/α-hetero) is 1. The second-order valence-corrected chi connectivity index (χ2v) is 17.8. The average molecular weight is 723 g/mol. The Morgan fingerprint density at radius 1 is 0.902 bits per heavy atom. The Morgan fingerprint density at radius 3 is 2.24 bits per heavy atom. The minimum Gasteiger partial charge on any atom is -0.481 e. The van der Waals surface area contributed by atoms with Crippen LogP contribution in [-0.2, 0) is 33.3 Å². The van der Waals surface area contributed by atoms with E-state index in [0.29, 0.717) is 31.3 Å². The molecule has 5 rings (SSSR count). The quantitative estimate of drug-likeness (QED) is 0.207. The van der Waals surface area contributed by atoms with Gasteiger partial charge in [-0.1, -0.05) is 61.5 Å². The van der Waals surface area contributed by atoms with Crippen LogP contribution in [0.1, 0.15) is 121 Å². The van der Waals surface area contributed by atoms with E-state index in [0.717, 1.165) is 19.3 Å². The van der Waals surface area contributed by atoms with Gasteiger partial charge in [-0.15, -0.1) is 0 Å². The fraction of sp³-hybridized carbons (Fsp3) is 0.900. The number of hydrogen-bond acceptors (Lipinski definition) is 10.